The Bertz CT molecular complexity index is 993. The highest BCUT2D eigenvalue weighted by molar-refractivity contribution is 6.05. The molecule has 7 heteroatoms. The highest BCUT2D eigenvalue weighted by atomic mass is 16.5. The lowest BCUT2D eigenvalue weighted by molar-refractivity contribution is 0.0679. The van der Waals surface area contributed by atoms with Crippen molar-refractivity contribution in [2.45, 2.75) is 18.9 Å². The smallest absolute Gasteiger partial charge is 0.291 e. The van der Waals surface area contributed by atoms with Crippen LogP contribution in [-0.2, 0) is 4.74 Å². The lowest BCUT2D eigenvalue weighted by Crippen LogP contribution is -2.16. The van der Waals surface area contributed by atoms with Gasteiger partial charge in [0.1, 0.15) is 12.4 Å². The highest BCUT2D eigenvalue weighted by Crippen LogP contribution is 2.19. The molecule has 154 valence electrons. The van der Waals surface area contributed by atoms with Gasteiger partial charge in [-0.1, -0.05) is 6.07 Å². The van der Waals surface area contributed by atoms with Gasteiger partial charge in [0.15, 0.2) is 5.76 Å². The third-order valence-corrected chi connectivity index (χ3v) is 4.70. The van der Waals surface area contributed by atoms with Crippen molar-refractivity contribution in [1.82, 2.24) is 0 Å². The number of carbonyl (C=O) groups is 2. The van der Waals surface area contributed by atoms with Crippen LogP contribution in [0.4, 0.5) is 11.4 Å². The molecular formula is C23H22N2O5. The number of amides is 2. The maximum Gasteiger partial charge on any atom is 0.291 e. The number of rotatable bonds is 7. The summed E-state index contributed by atoms with van der Waals surface area (Å²) in [6.07, 6.45) is 3.67. The summed E-state index contributed by atoms with van der Waals surface area (Å²) in [4.78, 5) is 24.6. The maximum absolute atomic E-state index is 12.5. The van der Waals surface area contributed by atoms with Gasteiger partial charge in [-0.05, 0) is 67.4 Å². The third-order valence-electron chi connectivity index (χ3n) is 4.70. The Hall–Kier alpha value is -3.58. The Kier molecular flexibility index (Phi) is 6.10. The fourth-order valence-electron chi connectivity index (χ4n) is 3.15. The minimum atomic E-state index is -0.359. The van der Waals surface area contributed by atoms with Crippen molar-refractivity contribution in [3.05, 3.63) is 78.3 Å². The van der Waals surface area contributed by atoms with Crippen LogP contribution in [0.15, 0.2) is 71.3 Å². The number of ether oxygens (including phenoxy) is 2. The van der Waals surface area contributed by atoms with E-state index in [1.807, 2.05) is 0 Å². The second kappa shape index (κ2) is 9.28. The Balaban J connectivity index is 1.33. The molecule has 0 saturated carbocycles. The minimum Gasteiger partial charge on any atom is -0.491 e. The van der Waals surface area contributed by atoms with Crippen LogP contribution in [0.25, 0.3) is 0 Å². The first-order valence-corrected chi connectivity index (χ1v) is 9.78. The topological polar surface area (TPSA) is 89.8 Å². The molecule has 2 aromatic carbocycles. The molecule has 0 spiro atoms. The van der Waals surface area contributed by atoms with Crippen LogP contribution in [0.5, 0.6) is 5.75 Å². The molecule has 1 aliphatic rings. The fraction of sp³-hybridized carbons (Fsp3) is 0.217. The standard InChI is InChI=1S/C23H22N2O5/c26-22(16-8-10-19(11-9-16)30-15-20-6-2-12-28-20)24-17-4-1-5-18(14-17)25-23(27)21-7-3-13-29-21/h1,3-5,7-11,13-14,20H,2,6,12,15H2,(H,24,26)(H,25,27). The van der Waals surface area contributed by atoms with Crippen molar-refractivity contribution >= 4 is 23.2 Å². The van der Waals surface area contributed by atoms with E-state index in [0.29, 0.717) is 29.3 Å². The quantitative estimate of drug-likeness (QED) is 0.609. The molecule has 2 heterocycles. The molecule has 30 heavy (non-hydrogen) atoms. The zero-order valence-corrected chi connectivity index (χ0v) is 16.3. The van der Waals surface area contributed by atoms with Crippen LogP contribution < -0.4 is 15.4 Å². The first-order chi connectivity index (χ1) is 14.7. The number of hydrogen-bond donors (Lipinski definition) is 2. The zero-order valence-electron chi connectivity index (χ0n) is 16.3. The maximum atomic E-state index is 12.5. The van der Waals surface area contributed by atoms with Crippen molar-refractivity contribution in [1.29, 1.82) is 0 Å². The first-order valence-electron chi connectivity index (χ1n) is 9.78. The summed E-state index contributed by atoms with van der Waals surface area (Å²) in [5.74, 6) is 0.299. The molecule has 0 radical (unpaired) electrons. The van der Waals surface area contributed by atoms with Crippen molar-refractivity contribution < 1.29 is 23.5 Å². The molecule has 0 aliphatic carbocycles. The van der Waals surface area contributed by atoms with Crippen LogP contribution in [0.1, 0.15) is 33.8 Å². The third kappa shape index (κ3) is 5.07. The summed E-state index contributed by atoms with van der Waals surface area (Å²) in [6, 6.07) is 17.1. The van der Waals surface area contributed by atoms with Gasteiger partial charge in [0.25, 0.3) is 11.8 Å². The van der Waals surface area contributed by atoms with E-state index >= 15 is 0 Å². The SMILES string of the molecule is O=C(Nc1cccc(NC(=O)c2ccco2)c1)c1ccc(OCC2CCCO2)cc1. The van der Waals surface area contributed by atoms with Gasteiger partial charge in [-0.3, -0.25) is 9.59 Å². The molecule has 1 saturated heterocycles. The number of carbonyl (C=O) groups excluding carboxylic acids is 2. The van der Waals surface area contributed by atoms with Gasteiger partial charge < -0.3 is 24.5 Å². The van der Waals surface area contributed by atoms with Gasteiger partial charge in [-0.25, -0.2) is 0 Å². The lowest BCUT2D eigenvalue weighted by atomic mass is 10.2. The average Bonchev–Trinajstić information content (AvgIpc) is 3.47. The van der Waals surface area contributed by atoms with Gasteiger partial charge in [0.05, 0.1) is 12.4 Å². The number of anilines is 2. The van der Waals surface area contributed by atoms with Gasteiger partial charge in [0.2, 0.25) is 0 Å². The molecule has 0 bridgehead atoms. The largest absolute Gasteiger partial charge is 0.491 e. The van der Waals surface area contributed by atoms with Crippen LogP contribution in [0.3, 0.4) is 0 Å². The Morgan fingerprint density at radius 3 is 2.40 bits per heavy atom. The number of hydrogen-bond acceptors (Lipinski definition) is 5. The highest BCUT2D eigenvalue weighted by Gasteiger charge is 2.16. The molecular weight excluding hydrogens is 384 g/mol. The molecule has 1 fully saturated rings. The van der Waals surface area contributed by atoms with Gasteiger partial charge in [-0.15, -0.1) is 0 Å². The summed E-state index contributed by atoms with van der Waals surface area (Å²) in [6.45, 7) is 1.31. The second-order valence-electron chi connectivity index (χ2n) is 6.94. The molecule has 2 amide bonds. The molecule has 1 aromatic heterocycles. The van der Waals surface area contributed by atoms with E-state index in [0.717, 1.165) is 19.4 Å². The number of benzene rings is 2. The monoisotopic (exact) mass is 406 g/mol. The fourth-order valence-corrected chi connectivity index (χ4v) is 3.15. The van der Waals surface area contributed by atoms with Crippen LogP contribution in [0.2, 0.25) is 0 Å². The molecule has 1 unspecified atom stereocenters. The van der Waals surface area contributed by atoms with E-state index < -0.39 is 0 Å². The number of nitrogens with one attached hydrogen (secondary N) is 2. The van der Waals surface area contributed by atoms with Crippen molar-refractivity contribution in [3.8, 4) is 5.75 Å². The van der Waals surface area contributed by atoms with Crippen LogP contribution >= 0.6 is 0 Å². The van der Waals surface area contributed by atoms with E-state index in [1.165, 1.54) is 6.26 Å². The summed E-state index contributed by atoms with van der Waals surface area (Å²) in [7, 11) is 0. The molecule has 3 aromatic rings. The molecule has 4 rings (SSSR count). The predicted molar refractivity (Wildman–Crippen MR) is 112 cm³/mol. The van der Waals surface area contributed by atoms with Crippen LogP contribution in [-0.4, -0.2) is 31.1 Å². The van der Waals surface area contributed by atoms with E-state index in [4.69, 9.17) is 13.9 Å². The first kappa shape index (κ1) is 19.7. The summed E-state index contributed by atoms with van der Waals surface area (Å²) >= 11 is 0. The second-order valence-corrected chi connectivity index (χ2v) is 6.94. The zero-order chi connectivity index (χ0) is 20.8. The van der Waals surface area contributed by atoms with Crippen molar-refractivity contribution in [3.63, 3.8) is 0 Å². The minimum absolute atomic E-state index is 0.147. The Morgan fingerprint density at radius 1 is 0.967 bits per heavy atom. The molecule has 1 atom stereocenters. The predicted octanol–water partition coefficient (Wildman–Crippen LogP) is 4.34. The molecule has 2 N–H and O–H groups in total. The summed E-state index contributed by atoms with van der Waals surface area (Å²) in [5.41, 5.74) is 1.62. The van der Waals surface area contributed by atoms with Crippen LogP contribution in [0, 0.1) is 0 Å². The van der Waals surface area contributed by atoms with Crippen molar-refractivity contribution in [2.24, 2.45) is 0 Å². The van der Waals surface area contributed by atoms with E-state index in [1.54, 1.807) is 60.7 Å². The Morgan fingerprint density at radius 2 is 1.73 bits per heavy atom. The van der Waals surface area contributed by atoms with Gasteiger partial charge in [-0.2, -0.15) is 0 Å². The summed E-state index contributed by atoms with van der Waals surface area (Å²) < 4.78 is 16.3. The lowest BCUT2D eigenvalue weighted by Gasteiger charge is -2.12. The van der Waals surface area contributed by atoms with E-state index in [9.17, 15) is 9.59 Å². The number of furan rings is 1. The van der Waals surface area contributed by atoms with Gasteiger partial charge >= 0.3 is 0 Å². The average molecular weight is 406 g/mol. The van der Waals surface area contributed by atoms with E-state index in [-0.39, 0.29) is 23.7 Å². The summed E-state index contributed by atoms with van der Waals surface area (Å²) in [5, 5.41) is 5.56. The normalized spacial score (nSPS) is 15.5. The Labute approximate surface area is 174 Å². The molecule has 1 aliphatic heterocycles. The molecule has 7 nitrogen and oxygen atoms in total. The van der Waals surface area contributed by atoms with E-state index in [2.05, 4.69) is 10.6 Å². The van der Waals surface area contributed by atoms with Crippen molar-refractivity contribution in [2.75, 3.05) is 23.8 Å². The van der Waals surface area contributed by atoms with Gasteiger partial charge in [0, 0.05) is 23.5 Å².